The Hall–Kier alpha value is -0.610. The van der Waals surface area contributed by atoms with Gasteiger partial charge in [0.25, 0.3) is 0 Å². The molecule has 0 amide bonds. The van der Waals surface area contributed by atoms with Crippen LogP contribution in [-0.4, -0.2) is 43.2 Å². The van der Waals surface area contributed by atoms with Gasteiger partial charge in [-0.1, -0.05) is 26.2 Å². The maximum Gasteiger partial charge on any atom is 0.326 e. The van der Waals surface area contributed by atoms with Crippen molar-refractivity contribution in [2.75, 3.05) is 26.7 Å². The fourth-order valence-corrected chi connectivity index (χ4v) is 4.21. The van der Waals surface area contributed by atoms with E-state index in [-0.39, 0.29) is 5.97 Å². The first-order valence-electron chi connectivity index (χ1n) is 8.69. The molecule has 1 aliphatic carbocycles. The molecular weight excluding hydrogens is 264 g/mol. The van der Waals surface area contributed by atoms with E-state index in [4.69, 9.17) is 10.5 Å². The topological polar surface area (TPSA) is 55.6 Å². The van der Waals surface area contributed by atoms with E-state index in [1.807, 2.05) is 0 Å². The highest BCUT2D eigenvalue weighted by molar-refractivity contribution is 5.81. The van der Waals surface area contributed by atoms with Crippen LogP contribution in [0.3, 0.4) is 0 Å². The van der Waals surface area contributed by atoms with Crippen LogP contribution in [0, 0.1) is 11.8 Å². The summed E-state index contributed by atoms with van der Waals surface area (Å²) in [4.78, 5) is 14.5. The zero-order valence-electron chi connectivity index (χ0n) is 13.8. The molecule has 1 heterocycles. The third-order valence-corrected chi connectivity index (χ3v) is 5.63. The van der Waals surface area contributed by atoms with Gasteiger partial charge in [-0.05, 0) is 63.6 Å². The average Bonchev–Trinajstić information content (AvgIpc) is 2.88. The van der Waals surface area contributed by atoms with Gasteiger partial charge in [-0.25, -0.2) is 0 Å². The highest BCUT2D eigenvalue weighted by Gasteiger charge is 2.46. The van der Waals surface area contributed by atoms with E-state index in [1.165, 1.54) is 45.9 Å². The second-order valence-corrected chi connectivity index (χ2v) is 6.98. The number of nitrogens with two attached hydrogens (primary N) is 1. The van der Waals surface area contributed by atoms with E-state index in [0.717, 1.165) is 38.1 Å². The molecule has 4 heteroatoms. The largest absolute Gasteiger partial charge is 0.468 e. The quantitative estimate of drug-likeness (QED) is 0.765. The van der Waals surface area contributed by atoms with Crippen LogP contribution < -0.4 is 5.73 Å². The summed E-state index contributed by atoms with van der Waals surface area (Å²) in [6, 6.07) is 0. The highest BCUT2D eigenvalue weighted by Crippen LogP contribution is 2.37. The van der Waals surface area contributed by atoms with Crippen molar-refractivity contribution >= 4 is 5.97 Å². The highest BCUT2D eigenvalue weighted by atomic mass is 16.5. The van der Waals surface area contributed by atoms with Crippen LogP contribution in [0.2, 0.25) is 0 Å². The van der Waals surface area contributed by atoms with Gasteiger partial charge in [-0.3, -0.25) is 4.79 Å². The number of likely N-dealkylation sites (tertiary alicyclic amines) is 1. The number of ether oxygens (including phenoxy) is 1. The number of carbonyl (C=O) groups is 1. The molecule has 0 radical (unpaired) electrons. The summed E-state index contributed by atoms with van der Waals surface area (Å²) in [7, 11) is 1.45. The van der Waals surface area contributed by atoms with Gasteiger partial charge in [0.05, 0.1) is 7.11 Å². The normalized spacial score (nSPS) is 31.5. The Bertz CT molecular complexity index is 340. The Labute approximate surface area is 129 Å². The third-order valence-electron chi connectivity index (χ3n) is 5.63. The molecule has 21 heavy (non-hydrogen) atoms. The van der Waals surface area contributed by atoms with E-state index < -0.39 is 5.54 Å². The van der Waals surface area contributed by atoms with Crippen molar-refractivity contribution in [3.63, 3.8) is 0 Å². The first kappa shape index (κ1) is 16.8. The van der Waals surface area contributed by atoms with Crippen molar-refractivity contribution in [3.8, 4) is 0 Å². The monoisotopic (exact) mass is 296 g/mol. The Morgan fingerprint density at radius 1 is 1.29 bits per heavy atom. The summed E-state index contributed by atoms with van der Waals surface area (Å²) in [6.45, 7) is 5.79. The van der Waals surface area contributed by atoms with Gasteiger partial charge < -0.3 is 15.4 Å². The van der Waals surface area contributed by atoms with E-state index >= 15 is 0 Å². The van der Waals surface area contributed by atoms with Crippen LogP contribution in [0.15, 0.2) is 0 Å². The molecule has 1 saturated carbocycles. The number of piperidine rings is 1. The molecule has 0 aromatic rings. The van der Waals surface area contributed by atoms with Gasteiger partial charge in [0.2, 0.25) is 0 Å². The smallest absolute Gasteiger partial charge is 0.326 e. The van der Waals surface area contributed by atoms with Gasteiger partial charge in [0, 0.05) is 0 Å². The number of hydrogen-bond donors (Lipinski definition) is 1. The lowest BCUT2D eigenvalue weighted by Crippen LogP contribution is -2.52. The molecule has 0 bridgehead atoms. The molecule has 2 unspecified atom stereocenters. The summed E-state index contributed by atoms with van der Waals surface area (Å²) >= 11 is 0. The SMILES string of the molecule is CCCC1CCN(CCC2CCCC2(N)C(=O)OC)CC1. The fourth-order valence-electron chi connectivity index (χ4n) is 4.21. The van der Waals surface area contributed by atoms with Crippen molar-refractivity contribution in [3.05, 3.63) is 0 Å². The molecule has 4 nitrogen and oxygen atoms in total. The van der Waals surface area contributed by atoms with Gasteiger partial charge in [0.15, 0.2) is 0 Å². The molecule has 2 rings (SSSR count). The summed E-state index contributed by atoms with van der Waals surface area (Å²) in [5.74, 6) is 1.01. The molecule has 0 spiro atoms. The van der Waals surface area contributed by atoms with Crippen LogP contribution in [0.1, 0.15) is 58.3 Å². The van der Waals surface area contributed by atoms with E-state index in [0.29, 0.717) is 5.92 Å². The molecule has 2 aliphatic rings. The van der Waals surface area contributed by atoms with Gasteiger partial charge >= 0.3 is 5.97 Å². The van der Waals surface area contributed by atoms with Crippen LogP contribution >= 0.6 is 0 Å². The van der Waals surface area contributed by atoms with Crippen LogP contribution in [0.25, 0.3) is 0 Å². The Morgan fingerprint density at radius 3 is 2.62 bits per heavy atom. The van der Waals surface area contributed by atoms with Crippen LogP contribution in [0.5, 0.6) is 0 Å². The van der Waals surface area contributed by atoms with Gasteiger partial charge in [-0.2, -0.15) is 0 Å². The number of nitrogens with zero attached hydrogens (tertiary/aromatic N) is 1. The molecule has 0 aromatic carbocycles. The average molecular weight is 296 g/mol. The number of hydrogen-bond acceptors (Lipinski definition) is 4. The maximum absolute atomic E-state index is 12.0. The summed E-state index contributed by atoms with van der Waals surface area (Å²) in [5.41, 5.74) is 5.61. The van der Waals surface area contributed by atoms with Crippen LogP contribution in [0.4, 0.5) is 0 Å². The minimum absolute atomic E-state index is 0.216. The molecule has 2 atom stereocenters. The maximum atomic E-state index is 12.0. The summed E-state index contributed by atoms with van der Waals surface area (Å²) < 4.78 is 4.92. The van der Waals surface area contributed by atoms with Crippen molar-refractivity contribution in [2.45, 2.75) is 63.8 Å². The third kappa shape index (κ3) is 3.98. The Kier molecular flexibility index (Phi) is 6.06. The lowest BCUT2D eigenvalue weighted by Gasteiger charge is -2.34. The second-order valence-electron chi connectivity index (χ2n) is 6.98. The van der Waals surface area contributed by atoms with Crippen molar-refractivity contribution in [1.82, 2.24) is 4.90 Å². The van der Waals surface area contributed by atoms with E-state index in [1.54, 1.807) is 0 Å². The predicted octanol–water partition coefficient (Wildman–Crippen LogP) is 2.56. The minimum Gasteiger partial charge on any atom is -0.468 e. The summed E-state index contributed by atoms with van der Waals surface area (Å²) in [5, 5.41) is 0. The van der Waals surface area contributed by atoms with Crippen LogP contribution in [-0.2, 0) is 9.53 Å². The first-order chi connectivity index (χ1) is 10.1. The fraction of sp³-hybridized carbons (Fsp3) is 0.941. The van der Waals surface area contributed by atoms with Crippen molar-refractivity contribution in [1.29, 1.82) is 0 Å². The lowest BCUT2D eigenvalue weighted by atomic mass is 9.85. The van der Waals surface area contributed by atoms with E-state index in [9.17, 15) is 4.79 Å². The van der Waals surface area contributed by atoms with E-state index in [2.05, 4.69) is 11.8 Å². The summed E-state index contributed by atoms with van der Waals surface area (Å²) in [6.07, 6.45) is 9.29. The molecule has 0 aromatic heterocycles. The zero-order valence-corrected chi connectivity index (χ0v) is 13.8. The number of esters is 1. The lowest BCUT2D eigenvalue weighted by molar-refractivity contribution is -0.148. The Morgan fingerprint density at radius 2 is 2.00 bits per heavy atom. The molecule has 2 N–H and O–H groups in total. The van der Waals surface area contributed by atoms with Gasteiger partial charge in [-0.15, -0.1) is 0 Å². The van der Waals surface area contributed by atoms with Crippen molar-refractivity contribution in [2.24, 2.45) is 17.6 Å². The minimum atomic E-state index is -0.727. The molecule has 2 fully saturated rings. The molecule has 122 valence electrons. The van der Waals surface area contributed by atoms with Gasteiger partial charge in [0.1, 0.15) is 5.54 Å². The molecular formula is C17H32N2O2. The first-order valence-corrected chi connectivity index (χ1v) is 8.69. The zero-order chi connectivity index (χ0) is 15.3. The molecule has 1 saturated heterocycles. The Balaban J connectivity index is 1.77. The standard InChI is InChI=1S/C17H32N2O2/c1-3-5-14-7-11-19(12-8-14)13-9-15-6-4-10-17(15,18)16(20)21-2/h14-15H,3-13,18H2,1-2H3. The number of methoxy groups -OCH3 is 1. The molecule has 1 aliphatic heterocycles. The second kappa shape index (κ2) is 7.59. The number of rotatable bonds is 6. The van der Waals surface area contributed by atoms with Crippen molar-refractivity contribution < 1.29 is 9.53 Å². The predicted molar refractivity (Wildman–Crippen MR) is 85.0 cm³/mol. The number of carbonyl (C=O) groups excluding carboxylic acids is 1.